The lowest BCUT2D eigenvalue weighted by Gasteiger charge is -2.15. The Morgan fingerprint density at radius 3 is 2.65 bits per heavy atom. The second-order valence-corrected chi connectivity index (χ2v) is 4.83. The van der Waals surface area contributed by atoms with Gasteiger partial charge in [-0.3, -0.25) is 0 Å². The van der Waals surface area contributed by atoms with E-state index in [1.165, 1.54) is 11.8 Å². The Morgan fingerprint density at radius 1 is 1.41 bits per heavy atom. The number of anilines is 1. The number of nitrogens with zero attached hydrogens (tertiary/aromatic N) is 4. The van der Waals surface area contributed by atoms with Crippen LogP contribution in [0.25, 0.3) is 0 Å². The third-order valence-corrected chi connectivity index (χ3v) is 2.61. The summed E-state index contributed by atoms with van der Waals surface area (Å²) in [4.78, 5) is 12.7. The first kappa shape index (κ1) is 13.7. The molecule has 92 valence electrons. The molecule has 17 heavy (non-hydrogen) atoms. The maximum atomic E-state index is 9.09. The summed E-state index contributed by atoms with van der Waals surface area (Å²) in [7, 11) is 0. The molecule has 1 aromatic rings. The highest BCUT2D eigenvalue weighted by Gasteiger charge is 2.25. The van der Waals surface area contributed by atoms with Gasteiger partial charge in [0.1, 0.15) is 5.41 Å². The Labute approximate surface area is 105 Å². The fourth-order valence-electron chi connectivity index (χ4n) is 1.06. The summed E-state index contributed by atoms with van der Waals surface area (Å²) in [6, 6.07) is 2.18. The molecule has 7 heteroatoms. The van der Waals surface area contributed by atoms with Gasteiger partial charge >= 0.3 is 0 Å². The smallest absolute Gasteiger partial charge is 0.226 e. The molecule has 0 saturated heterocycles. The lowest BCUT2D eigenvalue weighted by molar-refractivity contribution is 0.608. The van der Waals surface area contributed by atoms with Gasteiger partial charge in [0, 0.05) is 12.4 Å². The highest BCUT2D eigenvalue weighted by atomic mass is 32.2. The van der Waals surface area contributed by atoms with Gasteiger partial charge in [-0.05, 0) is 20.8 Å². The molecular weight excluding hydrogens is 236 g/mol. The molecule has 0 saturated carbocycles. The molecule has 0 atom stereocenters. The molecule has 0 fully saturated rings. The van der Waals surface area contributed by atoms with E-state index in [9.17, 15) is 0 Å². The van der Waals surface area contributed by atoms with Crippen LogP contribution in [0.1, 0.15) is 26.6 Å². The summed E-state index contributed by atoms with van der Waals surface area (Å²) in [5.41, 5.74) is 4.71. The normalized spacial score (nSPS) is 11.0. The van der Waals surface area contributed by atoms with Crippen LogP contribution in [0, 0.1) is 11.3 Å². The van der Waals surface area contributed by atoms with Crippen LogP contribution in [0.4, 0.5) is 5.95 Å². The van der Waals surface area contributed by atoms with Gasteiger partial charge < -0.3 is 11.1 Å². The monoisotopic (exact) mass is 252 g/mol. The second-order valence-electron chi connectivity index (χ2n) is 3.84. The van der Waals surface area contributed by atoms with E-state index >= 15 is 0 Å². The maximum absolute atomic E-state index is 9.09. The minimum Gasteiger partial charge on any atom is -0.354 e. The first-order valence-corrected chi connectivity index (χ1v) is 6.26. The quantitative estimate of drug-likeness (QED) is 0.598. The van der Waals surface area contributed by atoms with E-state index in [0.717, 1.165) is 0 Å². The van der Waals surface area contributed by atoms with Crippen molar-refractivity contribution < 1.29 is 0 Å². The first-order valence-electron chi connectivity index (χ1n) is 5.28. The maximum Gasteiger partial charge on any atom is 0.226 e. The van der Waals surface area contributed by atoms with Crippen molar-refractivity contribution >= 4 is 17.7 Å². The van der Waals surface area contributed by atoms with Gasteiger partial charge in [-0.15, -0.1) is 0 Å². The van der Waals surface area contributed by atoms with E-state index in [2.05, 4.69) is 26.3 Å². The van der Waals surface area contributed by atoms with Crippen LogP contribution in [0.3, 0.4) is 0 Å². The summed E-state index contributed by atoms with van der Waals surface area (Å²) >= 11 is 1.32. The largest absolute Gasteiger partial charge is 0.354 e. The van der Waals surface area contributed by atoms with Crippen LogP contribution in [-0.2, 0) is 5.41 Å². The predicted octanol–water partition coefficient (Wildman–Crippen LogP) is 1.11. The Bertz CT molecular complexity index is 401. The van der Waals surface area contributed by atoms with Crippen molar-refractivity contribution in [3.63, 3.8) is 0 Å². The van der Waals surface area contributed by atoms with Crippen molar-refractivity contribution in [3.8, 4) is 6.07 Å². The van der Waals surface area contributed by atoms with Gasteiger partial charge in [0.2, 0.25) is 5.95 Å². The molecule has 0 bridgehead atoms. The number of nitriles is 1. The molecule has 3 N–H and O–H groups in total. The number of aromatic nitrogens is 3. The molecule has 0 aliphatic carbocycles. The van der Waals surface area contributed by atoms with Crippen LogP contribution in [0.2, 0.25) is 0 Å². The van der Waals surface area contributed by atoms with E-state index in [1.54, 1.807) is 13.8 Å². The fraction of sp³-hybridized carbons (Fsp3) is 0.600. The first-order chi connectivity index (χ1) is 8.03. The molecule has 0 radical (unpaired) electrons. The van der Waals surface area contributed by atoms with Crippen molar-refractivity contribution in [1.29, 1.82) is 5.26 Å². The van der Waals surface area contributed by atoms with Gasteiger partial charge in [0.15, 0.2) is 11.0 Å². The van der Waals surface area contributed by atoms with Gasteiger partial charge in [-0.2, -0.15) is 15.2 Å². The zero-order chi connectivity index (χ0) is 12.9. The molecule has 1 heterocycles. The zero-order valence-corrected chi connectivity index (χ0v) is 11.0. The van der Waals surface area contributed by atoms with Crippen molar-refractivity contribution in [3.05, 3.63) is 5.82 Å². The zero-order valence-electron chi connectivity index (χ0n) is 10.2. The van der Waals surface area contributed by atoms with Crippen molar-refractivity contribution in [1.82, 2.24) is 15.0 Å². The van der Waals surface area contributed by atoms with Crippen LogP contribution < -0.4 is 11.1 Å². The van der Waals surface area contributed by atoms with Crippen LogP contribution in [0.5, 0.6) is 0 Å². The highest BCUT2D eigenvalue weighted by molar-refractivity contribution is 7.99. The Morgan fingerprint density at radius 2 is 2.12 bits per heavy atom. The average molecular weight is 252 g/mol. The van der Waals surface area contributed by atoms with Crippen molar-refractivity contribution in [2.24, 2.45) is 5.73 Å². The summed E-state index contributed by atoms with van der Waals surface area (Å²) in [6.07, 6.45) is 0. The third kappa shape index (κ3) is 3.54. The van der Waals surface area contributed by atoms with Crippen LogP contribution >= 0.6 is 11.8 Å². The number of rotatable bonds is 5. The molecule has 0 aromatic carbocycles. The van der Waals surface area contributed by atoms with Crippen molar-refractivity contribution in [2.45, 2.75) is 31.3 Å². The average Bonchev–Trinajstić information content (AvgIpc) is 2.29. The van der Waals surface area contributed by atoms with Crippen molar-refractivity contribution in [2.75, 3.05) is 17.7 Å². The molecule has 0 spiro atoms. The number of hydrogen-bond donors (Lipinski definition) is 2. The number of nitrogens with one attached hydrogen (secondary N) is 1. The van der Waals surface area contributed by atoms with E-state index in [0.29, 0.717) is 29.4 Å². The minimum absolute atomic E-state index is 0.391. The molecule has 1 aromatic heterocycles. The Kier molecular flexibility index (Phi) is 4.66. The standard InChI is InChI=1S/C10H16N6S/c1-4-13-8-14-7(10(2,3)5-11)15-9(16-8)17-6-12/h4,6,12H2,1-3H3,(H,13,14,15,16). The Hall–Kier alpha value is -1.39. The SMILES string of the molecule is CCNc1nc(SCN)nc(C(C)(C)C#N)n1. The van der Waals surface area contributed by atoms with E-state index in [1.807, 2.05) is 6.92 Å². The predicted molar refractivity (Wildman–Crippen MR) is 67.5 cm³/mol. The molecule has 0 aliphatic rings. The Balaban J connectivity index is 3.17. The number of nitrogens with two attached hydrogens (primary N) is 1. The fourth-order valence-corrected chi connectivity index (χ4v) is 1.51. The topological polar surface area (TPSA) is 101 Å². The molecule has 1 rings (SSSR count). The summed E-state index contributed by atoms with van der Waals surface area (Å²) in [6.45, 7) is 6.21. The van der Waals surface area contributed by atoms with Gasteiger partial charge in [0.05, 0.1) is 6.07 Å². The molecule has 0 aliphatic heterocycles. The van der Waals surface area contributed by atoms with E-state index in [-0.39, 0.29) is 0 Å². The summed E-state index contributed by atoms with van der Waals surface area (Å²) < 4.78 is 0. The van der Waals surface area contributed by atoms with E-state index in [4.69, 9.17) is 11.0 Å². The molecule has 0 unspecified atom stereocenters. The summed E-state index contributed by atoms with van der Waals surface area (Å²) in [5.74, 6) is 1.33. The minimum atomic E-state index is -0.739. The lowest BCUT2D eigenvalue weighted by atomic mass is 9.95. The van der Waals surface area contributed by atoms with Gasteiger partial charge in [-0.1, -0.05) is 11.8 Å². The number of thioether (sulfide) groups is 1. The van der Waals surface area contributed by atoms with Crippen LogP contribution in [0.15, 0.2) is 5.16 Å². The van der Waals surface area contributed by atoms with Gasteiger partial charge in [0.25, 0.3) is 0 Å². The second kappa shape index (κ2) is 5.80. The van der Waals surface area contributed by atoms with Crippen LogP contribution in [-0.4, -0.2) is 27.4 Å². The number of hydrogen-bond acceptors (Lipinski definition) is 7. The third-order valence-electron chi connectivity index (χ3n) is 2.00. The van der Waals surface area contributed by atoms with E-state index < -0.39 is 5.41 Å². The lowest BCUT2D eigenvalue weighted by Crippen LogP contribution is -2.20. The van der Waals surface area contributed by atoms with Gasteiger partial charge in [-0.25, -0.2) is 4.98 Å². The molecule has 6 nitrogen and oxygen atoms in total. The molecular formula is C10H16N6S. The molecule has 0 amide bonds. The highest BCUT2D eigenvalue weighted by Crippen LogP contribution is 2.21. The summed E-state index contributed by atoms with van der Waals surface area (Å²) in [5, 5.41) is 12.6.